The lowest BCUT2D eigenvalue weighted by molar-refractivity contribution is -0.140. The number of piperidine rings is 1. The van der Waals surface area contributed by atoms with Gasteiger partial charge in [0.1, 0.15) is 12.2 Å². The van der Waals surface area contributed by atoms with E-state index in [-0.39, 0.29) is 23.3 Å². The zero-order valence-electron chi connectivity index (χ0n) is 12.7. The Hall–Kier alpha value is -1.43. The van der Waals surface area contributed by atoms with Crippen molar-refractivity contribution in [1.29, 1.82) is 0 Å². The van der Waals surface area contributed by atoms with Crippen LogP contribution in [0, 0.1) is 5.92 Å². The maximum atomic E-state index is 12.9. The molecule has 6 heteroatoms. The summed E-state index contributed by atoms with van der Waals surface area (Å²) < 4.78 is 0. The highest BCUT2D eigenvalue weighted by Gasteiger charge is 2.40. The first-order valence-corrected chi connectivity index (χ1v) is 8.01. The standard InChI is InChI=1S/C15H25N5O/c1-15(16)7-3-2-6-12(15)14(21)20-8-4-5-11(9-20)13-17-10-18-19-13/h10-12H,2-9,16H2,1H3,(H,17,18,19). The summed E-state index contributed by atoms with van der Waals surface area (Å²) >= 11 is 0. The smallest absolute Gasteiger partial charge is 0.227 e. The van der Waals surface area contributed by atoms with Crippen molar-refractivity contribution >= 4 is 5.91 Å². The van der Waals surface area contributed by atoms with E-state index in [1.165, 1.54) is 6.33 Å². The van der Waals surface area contributed by atoms with Crippen molar-refractivity contribution in [3.63, 3.8) is 0 Å². The number of aromatic amines is 1. The van der Waals surface area contributed by atoms with Crippen LogP contribution in [0.25, 0.3) is 0 Å². The van der Waals surface area contributed by atoms with Gasteiger partial charge in [-0.15, -0.1) is 0 Å². The summed E-state index contributed by atoms with van der Waals surface area (Å²) in [4.78, 5) is 19.1. The van der Waals surface area contributed by atoms with E-state index in [1.807, 2.05) is 11.8 Å². The number of H-pyrrole nitrogens is 1. The fraction of sp³-hybridized carbons (Fsp3) is 0.800. The molecule has 3 N–H and O–H groups in total. The molecule has 21 heavy (non-hydrogen) atoms. The minimum absolute atomic E-state index is 0.0280. The number of nitrogens with zero attached hydrogens (tertiary/aromatic N) is 3. The van der Waals surface area contributed by atoms with Crippen LogP contribution >= 0.6 is 0 Å². The molecule has 2 heterocycles. The molecule has 3 unspecified atom stereocenters. The van der Waals surface area contributed by atoms with Crippen LogP contribution in [0.5, 0.6) is 0 Å². The van der Waals surface area contributed by atoms with Crippen molar-refractivity contribution < 1.29 is 4.79 Å². The quantitative estimate of drug-likeness (QED) is 0.862. The van der Waals surface area contributed by atoms with Gasteiger partial charge in [0, 0.05) is 24.5 Å². The van der Waals surface area contributed by atoms with E-state index < -0.39 is 0 Å². The predicted octanol–water partition coefficient (Wildman–Crippen LogP) is 1.42. The average Bonchev–Trinajstić information content (AvgIpc) is 3.00. The molecule has 1 amide bonds. The Morgan fingerprint density at radius 2 is 2.29 bits per heavy atom. The van der Waals surface area contributed by atoms with Crippen LogP contribution in [0.1, 0.15) is 57.2 Å². The topological polar surface area (TPSA) is 87.9 Å². The third kappa shape index (κ3) is 2.95. The van der Waals surface area contributed by atoms with E-state index in [1.54, 1.807) is 0 Å². The van der Waals surface area contributed by atoms with Crippen LogP contribution in [0.2, 0.25) is 0 Å². The predicted molar refractivity (Wildman–Crippen MR) is 79.5 cm³/mol. The number of rotatable bonds is 2. The molecule has 6 nitrogen and oxygen atoms in total. The van der Waals surface area contributed by atoms with Gasteiger partial charge in [0.2, 0.25) is 5.91 Å². The molecule has 0 aromatic carbocycles. The van der Waals surface area contributed by atoms with Gasteiger partial charge in [0.05, 0.1) is 5.92 Å². The van der Waals surface area contributed by atoms with Crippen LogP contribution in [0.15, 0.2) is 6.33 Å². The Kier molecular flexibility index (Phi) is 3.97. The van der Waals surface area contributed by atoms with Crippen molar-refractivity contribution in [2.75, 3.05) is 13.1 Å². The summed E-state index contributed by atoms with van der Waals surface area (Å²) in [5.74, 6) is 1.38. The zero-order valence-corrected chi connectivity index (χ0v) is 12.7. The van der Waals surface area contributed by atoms with E-state index in [0.717, 1.165) is 57.4 Å². The molecular weight excluding hydrogens is 266 g/mol. The van der Waals surface area contributed by atoms with E-state index in [0.29, 0.717) is 0 Å². The highest BCUT2D eigenvalue weighted by molar-refractivity contribution is 5.80. The van der Waals surface area contributed by atoms with Gasteiger partial charge >= 0.3 is 0 Å². The Labute approximate surface area is 125 Å². The largest absolute Gasteiger partial charge is 0.342 e. The average molecular weight is 291 g/mol. The molecule has 0 spiro atoms. The summed E-state index contributed by atoms with van der Waals surface area (Å²) in [7, 11) is 0. The lowest BCUT2D eigenvalue weighted by Gasteiger charge is -2.41. The van der Waals surface area contributed by atoms with Crippen LogP contribution in [-0.2, 0) is 4.79 Å². The van der Waals surface area contributed by atoms with Gasteiger partial charge in [0.15, 0.2) is 0 Å². The summed E-state index contributed by atoms with van der Waals surface area (Å²) in [6.45, 7) is 3.61. The number of carbonyl (C=O) groups is 1. The zero-order chi connectivity index (χ0) is 14.9. The molecule has 1 aliphatic carbocycles. The molecule has 3 rings (SSSR count). The van der Waals surface area contributed by atoms with Crippen LogP contribution in [-0.4, -0.2) is 44.6 Å². The monoisotopic (exact) mass is 291 g/mol. The van der Waals surface area contributed by atoms with Gasteiger partial charge in [-0.05, 0) is 32.6 Å². The number of hydrogen-bond acceptors (Lipinski definition) is 4. The normalized spacial score (nSPS) is 33.9. The molecule has 0 bridgehead atoms. The lowest BCUT2D eigenvalue weighted by Crippen LogP contribution is -2.55. The Balaban J connectivity index is 1.69. The molecule has 1 aliphatic heterocycles. The summed E-state index contributed by atoms with van der Waals surface area (Å²) in [6, 6.07) is 0. The minimum Gasteiger partial charge on any atom is -0.342 e. The van der Waals surface area contributed by atoms with Gasteiger partial charge in [-0.3, -0.25) is 9.89 Å². The van der Waals surface area contributed by atoms with Crippen LogP contribution in [0.3, 0.4) is 0 Å². The Morgan fingerprint density at radius 3 is 3.00 bits per heavy atom. The first-order chi connectivity index (χ1) is 10.1. The van der Waals surface area contributed by atoms with Crippen molar-refractivity contribution in [3.8, 4) is 0 Å². The molecule has 0 radical (unpaired) electrons. The van der Waals surface area contributed by atoms with E-state index >= 15 is 0 Å². The summed E-state index contributed by atoms with van der Waals surface area (Å²) in [5, 5.41) is 6.86. The van der Waals surface area contributed by atoms with Gasteiger partial charge in [0.25, 0.3) is 0 Å². The van der Waals surface area contributed by atoms with Crippen molar-refractivity contribution in [2.24, 2.45) is 11.7 Å². The van der Waals surface area contributed by atoms with E-state index in [4.69, 9.17) is 5.73 Å². The SMILES string of the molecule is CC1(N)CCCCC1C(=O)N1CCCC(c2ncn[nH]2)C1. The molecule has 1 aromatic heterocycles. The fourth-order valence-corrected chi connectivity index (χ4v) is 3.80. The molecule has 1 aromatic rings. The Bertz CT molecular complexity index is 484. The van der Waals surface area contributed by atoms with Crippen molar-refractivity contribution in [3.05, 3.63) is 12.2 Å². The number of aromatic nitrogens is 3. The second-order valence-electron chi connectivity index (χ2n) is 6.80. The number of hydrogen-bond donors (Lipinski definition) is 2. The van der Waals surface area contributed by atoms with Gasteiger partial charge < -0.3 is 10.6 Å². The molecule has 2 fully saturated rings. The third-order valence-corrected chi connectivity index (χ3v) is 5.11. The number of amides is 1. The molecule has 1 saturated carbocycles. The fourth-order valence-electron chi connectivity index (χ4n) is 3.80. The molecule has 116 valence electrons. The number of nitrogens with one attached hydrogen (secondary N) is 1. The number of likely N-dealkylation sites (tertiary alicyclic amines) is 1. The Morgan fingerprint density at radius 1 is 1.43 bits per heavy atom. The molecule has 1 saturated heterocycles. The van der Waals surface area contributed by atoms with E-state index in [9.17, 15) is 4.79 Å². The number of carbonyl (C=O) groups excluding carboxylic acids is 1. The highest BCUT2D eigenvalue weighted by atomic mass is 16.2. The minimum atomic E-state index is -0.353. The first-order valence-electron chi connectivity index (χ1n) is 8.01. The second kappa shape index (κ2) is 5.75. The molecule has 3 atom stereocenters. The maximum Gasteiger partial charge on any atom is 0.227 e. The third-order valence-electron chi connectivity index (χ3n) is 5.11. The van der Waals surface area contributed by atoms with Gasteiger partial charge in [-0.2, -0.15) is 5.10 Å². The summed E-state index contributed by atoms with van der Waals surface area (Å²) in [6.07, 6.45) is 7.74. The van der Waals surface area contributed by atoms with E-state index in [2.05, 4.69) is 15.2 Å². The van der Waals surface area contributed by atoms with Gasteiger partial charge in [-0.25, -0.2) is 4.98 Å². The highest BCUT2D eigenvalue weighted by Crippen LogP contribution is 2.34. The molecular formula is C15H25N5O. The van der Waals surface area contributed by atoms with Crippen LogP contribution in [0.4, 0.5) is 0 Å². The molecule has 2 aliphatic rings. The first kappa shape index (κ1) is 14.5. The summed E-state index contributed by atoms with van der Waals surface area (Å²) in [5.41, 5.74) is 6.03. The second-order valence-corrected chi connectivity index (χ2v) is 6.80. The maximum absolute atomic E-state index is 12.9. The van der Waals surface area contributed by atoms with Crippen molar-refractivity contribution in [2.45, 2.75) is 56.9 Å². The van der Waals surface area contributed by atoms with Crippen molar-refractivity contribution in [1.82, 2.24) is 20.1 Å². The number of nitrogens with two attached hydrogens (primary N) is 1. The van der Waals surface area contributed by atoms with Crippen LogP contribution < -0.4 is 5.73 Å². The lowest BCUT2D eigenvalue weighted by atomic mass is 9.73. The van der Waals surface area contributed by atoms with Gasteiger partial charge in [-0.1, -0.05) is 12.8 Å².